The van der Waals surface area contributed by atoms with E-state index in [0.29, 0.717) is 0 Å². The first-order valence-electron chi connectivity index (χ1n) is 6.82. The maximum atomic E-state index is 12.2. The van der Waals surface area contributed by atoms with Crippen molar-refractivity contribution >= 4 is 11.6 Å². The Morgan fingerprint density at radius 1 is 1.47 bits per heavy atom. The van der Waals surface area contributed by atoms with Crippen LogP contribution in [0.5, 0.6) is 0 Å². The average Bonchev–Trinajstić information content (AvgIpc) is 2.92. The SMILES string of the molecule is CNc1ccc(C(=O)NC(C)C2CCCO2)c(C)c1. The smallest absolute Gasteiger partial charge is 0.251 e. The molecule has 1 heterocycles. The van der Waals surface area contributed by atoms with Gasteiger partial charge in [-0.1, -0.05) is 0 Å². The minimum Gasteiger partial charge on any atom is -0.388 e. The number of nitrogens with one attached hydrogen (secondary N) is 2. The van der Waals surface area contributed by atoms with Crippen molar-refractivity contribution < 1.29 is 9.53 Å². The largest absolute Gasteiger partial charge is 0.388 e. The van der Waals surface area contributed by atoms with Crippen LogP contribution in [0.25, 0.3) is 0 Å². The topological polar surface area (TPSA) is 50.4 Å². The molecular formula is C15H22N2O2. The van der Waals surface area contributed by atoms with Crippen LogP contribution in [0.1, 0.15) is 35.7 Å². The normalized spacial score (nSPS) is 20.1. The second-order valence-corrected chi connectivity index (χ2v) is 5.09. The van der Waals surface area contributed by atoms with Crippen LogP contribution in [0.2, 0.25) is 0 Å². The van der Waals surface area contributed by atoms with Crippen molar-refractivity contribution in [3.05, 3.63) is 29.3 Å². The number of amides is 1. The third-order valence-corrected chi connectivity index (χ3v) is 3.64. The molecule has 0 aromatic heterocycles. The standard InChI is InChI=1S/C15H22N2O2/c1-10-9-12(16-3)6-7-13(10)15(18)17-11(2)14-5-4-8-19-14/h6-7,9,11,14,16H,4-5,8H2,1-3H3,(H,17,18). The Bertz CT molecular complexity index is 453. The number of aryl methyl sites for hydroxylation is 1. The molecule has 104 valence electrons. The molecule has 1 fully saturated rings. The van der Waals surface area contributed by atoms with Gasteiger partial charge >= 0.3 is 0 Å². The molecule has 1 aromatic carbocycles. The second-order valence-electron chi connectivity index (χ2n) is 5.09. The summed E-state index contributed by atoms with van der Waals surface area (Å²) in [5.41, 5.74) is 2.72. The van der Waals surface area contributed by atoms with Gasteiger partial charge in [-0.3, -0.25) is 4.79 Å². The van der Waals surface area contributed by atoms with Gasteiger partial charge in [-0.15, -0.1) is 0 Å². The maximum absolute atomic E-state index is 12.2. The number of rotatable bonds is 4. The molecule has 1 aromatic rings. The van der Waals surface area contributed by atoms with Crippen LogP contribution in [-0.2, 0) is 4.74 Å². The molecule has 2 atom stereocenters. The number of carbonyl (C=O) groups is 1. The quantitative estimate of drug-likeness (QED) is 0.875. The summed E-state index contributed by atoms with van der Waals surface area (Å²) in [4.78, 5) is 12.2. The molecule has 0 radical (unpaired) electrons. The Balaban J connectivity index is 2.02. The van der Waals surface area contributed by atoms with Gasteiger partial charge in [0.1, 0.15) is 0 Å². The first kappa shape index (κ1) is 13.9. The van der Waals surface area contributed by atoms with Gasteiger partial charge < -0.3 is 15.4 Å². The number of carbonyl (C=O) groups excluding carboxylic acids is 1. The summed E-state index contributed by atoms with van der Waals surface area (Å²) >= 11 is 0. The molecule has 2 N–H and O–H groups in total. The summed E-state index contributed by atoms with van der Waals surface area (Å²) < 4.78 is 5.59. The lowest BCUT2D eigenvalue weighted by atomic mass is 10.1. The molecular weight excluding hydrogens is 240 g/mol. The summed E-state index contributed by atoms with van der Waals surface area (Å²) in [6.45, 7) is 4.76. The highest BCUT2D eigenvalue weighted by Gasteiger charge is 2.24. The van der Waals surface area contributed by atoms with E-state index in [2.05, 4.69) is 10.6 Å². The molecule has 1 amide bonds. The van der Waals surface area contributed by atoms with E-state index in [4.69, 9.17) is 4.74 Å². The lowest BCUT2D eigenvalue weighted by Gasteiger charge is -2.20. The van der Waals surface area contributed by atoms with E-state index in [1.54, 1.807) is 0 Å². The van der Waals surface area contributed by atoms with E-state index in [9.17, 15) is 4.79 Å². The molecule has 0 spiro atoms. The molecule has 1 aliphatic heterocycles. The Labute approximate surface area is 114 Å². The number of ether oxygens (including phenoxy) is 1. The van der Waals surface area contributed by atoms with E-state index < -0.39 is 0 Å². The predicted octanol–water partition coefficient (Wildman–Crippen LogP) is 2.33. The van der Waals surface area contributed by atoms with Crippen molar-refractivity contribution in [3.8, 4) is 0 Å². The van der Waals surface area contributed by atoms with Crippen LogP contribution in [0, 0.1) is 6.92 Å². The zero-order chi connectivity index (χ0) is 13.8. The van der Waals surface area contributed by atoms with Crippen molar-refractivity contribution in [2.24, 2.45) is 0 Å². The van der Waals surface area contributed by atoms with Gasteiger partial charge in [-0.25, -0.2) is 0 Å². The minimum atomic E-state index is -0.0249. The Morgan fingerprint density at radius 2 is 2.26 bits per heavy atom. The van der Waals surface area contributed by atoms with Gasteiger partial charge in [0.05, 0.1) is 12.1 Å². The summed E-state index contributed by atoms with van der Waals surface area (Å²) in [7, 11) is 1.87. The molecule has 0 aliphatic carbocycles. The van der Waals surface area contributed by atoms with Crippen molar-refractivity contribution in [1.82, 2.24) is 5.32 Å². The molecule has 1 aliphatic rings. The minimum absolute atomic E-state index is 0.0249. The lowest BCUT2D eigenvalue weighted by molar-refractivity contribution is 0.0712. The Kier molecular flexibility index (Phi) is 4.43. The molecule has 2 rings (SSSR count). The summed E-state index contributed by atoms with van der Waals surface area (Å²) in [5.74, 6) is -0.0249. The second kappa shape index (κ2) is 6.06. The third kappa shape index (κ3) is 3.26. The number of benzene rings is 1. The van der Waals surface area contributed by atoms with Crippen molar-refractivity contribution in [3.63, 3.8) is 0 Å². The molecule has 4 nitrogen and oxygen atoms in total. The zero-order valence-electron chi connectivity index (χ0n) is 11.8. The van der Waals surface area contributed by atoms with Crippen molar-refractivity contribution in [2.75, 3.05) is 19.0 Å². The zero-order valence-corrected chi connectivity index (χ0v) is 11.8. The molecule has 0 bridgehead atoms. The van der Waals surface area contributed by atoms with Gasteiger partial charge in [0.25, 0.3) is 5.91 Å². The van der Waals surface area contributed by atoms with E-state index >= 15 is 0 Å². The van der Waals surface area contributed by atoms with E-state index in [1.807, 2.05) is 39.1 Å². The Hall–Kier alpha value is -1.55. The first-order valence-corrected chi connectivity index (χ1v) is 6.82. The molecule has 19 heavy (non-hydrogen) atoms. The van der Waals surface area contributed by atoms with Crippen LogP contribution < -0.4 is 10.6 Å². The predicted molar refractivity (Wildman–Crippen MR) is 76.6 cm³/mol. The number of anilines is 1. The fraction of sp³-hybridized carbons (Fsp3) is 0.533. The monoisotopic (exact) mass is 262 g/mol. The van der Waals surface area contributed by atoms with Gasteiger partial charge in [0, 0.05) is 24.9 Å². The Morgan fingerprint density at radius 3 is 2.84 bits per heavy atom. The highest BCUT2D eigenvalue weighted by atomic mass is 16.5. The highest BCUT2D eigenvalue weighted by molar-refractivity contribution is 5.96. The van der Waals surface area contributed by atoms with Gasteiger partial charge in [0.15, 0.2) is 0 Å². The van der Waals surface area contributed by atoms with Crippen molar-refractivity contribution in [2.45, 2.75) is 38.8 Å². The van der Waals surface area contributed by atoms with Crippen LogP contribution >= 0.6 is 0 Å². The fourth-order valence-corrected chi connectivity index (χ4v) is 2.45. The van der Waals surface area contributed by atoms with Gasteiger partial charge in [-0.2, -0.15) is 0 Å². The summed E-state index contributed by atoms with van der Waals surface area (Å²) in [5, 5.41) is 6.10. The first-order chi connectivity index (χ1) is 9.11. The van der Waals surface area contributed by atoms with Crippen molar-refractivity contribution in [1.29, 1.82) is 0 Å². The van der Waals surface area contributed by atoms with E-state index in [-0.39, 0.29) is 18.1 Å². The lowest BCUT2D eigenvalue weighted by Crippen LogP contribution is -2.41. The van der Waals surface area contributed by atoms with E-state index in [1.165, 1.54) is 0 Å². The molecule has 4 heteroatoms. The van der Waals surface area contributed by atoms with Gasteiger partial charge in [-0.05, 0) is 50.5 Å². The van der Waals surface area contributed by atoms with Gasteiger partial charge in [0.2, 0.25) is 0 Å². The number of hydrogen-bond donors (Lipinski definition) is 2. The molecule has 1 saturated heterocycles. The summed E-state index contributed by atoms with van der Waals surface area (Å²) in [6.07, 6.45) is 2.26. The molecule has 2 unspecified atom stereocenters. The highest BCUT2D eigenvalue weighted by Crippen LogP contribution is 2.18. The fourth-order valence-electron chi connectivity index (χ4n) is 2.45. The van der Waals surface area contributed by atoms with Crippen LogP contribution in [-0.4, -0.2) is 31.7 Å². The third-order valence-electron chi connectivity index (χ3n) is 3.64. The van der Waals surface area contributed by atoms with Crippen LogP contribution in [0.15, 0.2) is 18.2 Å². The van der Waals surface area contributed by atoms with E-state index in [0.717, 1.165) is 36.3 Å². The van der Waals surface area contributed by atoms with Crippen LogP contribution in [0.4, 0.5) is 5.69 Å². The number of hydrogen-bond acceptors (Lipinski definition) is 3. The summed E-state index contributed by atoms with van der Waals surface area (Å²) in [6, 6.07) is 5.81. The van der Waals surface area contributed by atoms with Crippen LogP contribution in [0.3, 0.4) is 0 Å². The maximum Gasteiger partial charge on any atom is 0.251 e. The molecule has 0 saturated carbocycles. The average molecular weight is 262 g/mol.